The van der Waals surface area contributed by atoms with Crippen LogP contribution in [0.3, 0.4) is 0 Å². The molecular formula is C18H18FNO2. The standard InChI is InChI=1S/C18H18FNO2/c1-3-13(16-6-4-5-11-20-16)8-10-14-12(2)7-9-15(17(14)19)18(21)22/h4-11,13H,3H2,1-2H3,(H,21,22)/b10-8-. The van der Waals surface area contributed by atoms with Crippen LogP contribution in [0.5, 0.6) is 0 Å². The zero-order chi connectivity index (χ0) is 16.1. The average molecular weight is 299 g/mol. The first-order valence-electron chi connectivity index (χ1n) is 7.16. The summed E-state index contributed by atoms with van der Waals surface area (Å²) in [5.74, 6) is -1.89. The molecule has 0 fully saturated rings. The highest BCUT2D eigenvalue weighted by Crippen LogP contribution is 2.23. The fourth-order valence-electron chi connectivity index (χ4n) is 2.31. The van der Waals surface area contributed by atoms with Crippen molar-refractivity contribution in [1.29, 1.82) is 0 Å². The fourth-order valence-corrected chi connectivity index (χ4v) is 2.31. The van der Waals surface area contributed by atoms with Crippen molar-refractivity contribution in [3.63, 3.8) is 0 Å². The van der Waals surface area contributed by atoms with Gasteiger partial charge in [-0.05, 0) is 37.1 Å². The molecule has 0 aliphatic carbocycles. The topological polar surface area (TPSA) is 50.2 Å². The van der Waals surface area contributed by atoms with Gasteiger partial charge in [0.15, 0.2) is 0 Å². The molecule has 1 aromatic heterocycles. The molecule has 1 atom stereocenters. The van der Waals surface area contributed by atoms with E-state index in [0.717, 1.165) is 12.1 Å². The Hall–Kier alpha value is -2.49. The number of hydrogen-bond acceptors (Lipinski definition) is 2. The maximum absolute atomic E-state index is 14.3. The third-order valence-corrected chi connectivity index (χ3v) is 3.63. The molecule has 0 aliphatic heterocycles. The van der Waals surface area contributed by atoms with Gasteiger partial charge in [-0.15, -0.1) is 0 Å². The number of pyridine rings is 1. The first-order chi connectivity index (χ1) is 10.5. The first-order valence-corrected chi connectivity index (χ1v) is 7.16. The van der Waals surface area contributed by atoms with E-state index in [1.165, 1.54) is 6.07 Å². The Bertz CT molecular complexity index is 696. The van der Waals surface area contributed by atoms with E-state index in [4.69, 9.17) is 5.11 Å². The first kappa shape index (κ1) is 15.9. The van der Waals surface area contributed by atoms with Crippen LogP contribution in [-0.2, 0) is 0 Å². The summed E-state index contributed by atoms with van der Waals surface area (Å²) in [6, 6.07) is 8.60. The molecule has 0 saturated carbocycles. The van der Waals surface area contributed by atoms with Crippen LogP contribution < -0.4 is 0 Å². The molecule has 22 heavy (non-hydrogen) atoms. The Balaban J connectivity index is 2.37. The quantitative estimate of drug-likeness (QED) is 0.888. The van der Waals surface area contributed by atoms with Gasteiger partial charge in [-0.2, -0.15) is 0 Å². The number of allylic oxidation sites excluding steroid dienone is 1. The van der Waals surface area contributed by atoms with Gasteiger partial charge in [-0.25, -0.2) is 9.18 Å². The van der Waals surface area contributed by atoms with Gasteiger partial charge < -0.3 is 5.11 Å². The van der Waals surface area contributed by atoms with Crippen LogP contribution in [0.1, 0.15) is 46.4 Å². The Morgan fingerprint density at radius 1 is 1.36 bits per heavy atom. The van der Waals surface area contributed by atoms with Crippen molar-refractivity contribution >= 4 is 12.0 Å². The normalized spacial score (nSPS) is 12.5. The molecule has 1 unspecified atom stereocenters. The van der Waals surface area contributed by atoms with Crippen LogP contribution >= 0.6 is 0 Å². The second-order valence-electron chi connectivity index (χ2n) is 5.09. The van der Waals surface area contributed by atoms with E-state index in [2.05, 4.69) is 4.98 Å². The molecule has 114 valence electrons. The predicted molar refractivity (Wildman–Crippen MR) is 84.4 cm³/mol. The zero-order valence-electron chi connectivity index (χ0n) is 12.6. The number of hydrogen-bond donors (Lipinski definition) is 1. The SMILES string of the molecule is CCC(/C=C\c1c(C)ccc(C(=O)O)c1F)c1ccccn1. The van der Waals surface area contributed by atoms with Crippen LogP contribution in [0, 0.1) is 12.7 Å². The molecule has 0 saturated heterocycles. The minimum atomic E-state index is -1.26. The molecule has 1 aromatic carbocycles. The summed E-state index contributed by atoms with van der Waals surface area (Å²) < 4.78 is 14.3. The molecule has 2 aromatic rings. The Kier molecular flexibility index (Phi) is 5.04. The zero-order valence-corrected chi connectivity index (χ0v) is 12.6. The van der Waals surface area contributed by atoms with E-state index >= 15 is 0 Å². The predicted octanol–water partition coefficient (Wildman–Crippen LogP) is 4.43. The van der Waals surface area contributed by atoms with Gasteiger partial charge in [0.25, 0.3) is 0 Å². The molecule has 0 spiro atoms. The summed E-state index contributed by atoms with van der Waals surface area (Å²) in [7, 11) is 0. The number of carboxylic acid groups (broad SMARTS) is 1. The van der Waals surface area contributed by atoms with E-state index in [1.54, 1.807) is 25.3 Å². The van der Waals surface area contributed by atoms with Crippen molar-refractivity contribution in [2.75, 3.05) is 0 Å². The summed E-state index contributed by atoms with van der Waals surface area (Å²) in [5, 5.41) is 9.01. The van der Waals surface area contributed by atoms with Gasteiger partial charge in [0, 0.05) is 23.4 Å². The highest BCUT2D eigenvalue weighted by atomic mass is 19.1. The summed E-state index contributed by atoms with van der Waals surface area (Å²) >= 11 is 0. The lowest BCUT2D eigenvalue weighted by atomic mass is 9.97. The summed E-state index contributed by atoms with van der Waals surface area (Å²) in [6.07, 6.45) is 6.08. The number of benzene rings is 1. The van der Waals surface area contributed by atoms with Crippen molar-refractivity contribution in [1.82, 2.24) is 4.98 Å². The van der Waals surface area contributed by atoms with Gasteiger partial charge in [0.05, 0.1) is 5.56 Å². The fraction of sp³-hybridized carbons (Fsp3) is 0.222. The lowest BCUT2D eigenvalue weighted by Gasteiger charge is -2.10. The molecule has 0 bridgehead atoms. The molecule has 1 N–H and O–H groups in total. The molecule has 0 amide bonds. The minimum Gasteiger partial charge on any atom is -0.478 e. The molecule has 0 aliphatic rings. The van der Waals surface area contributed by atoms with Crippen molar-refractivity contribution in [2.24, 2.45) is 0 Å². The van der Waals surface area contributed by atoms with E-state index in [1.807, 2.05) is 31.2 Å². The minimum absolute atomic E-state index is 0.0634. The highest BCUT2D eigenvalue weighted by molar-refractivity contribution is 5.89. The maximum atomic E-state index is 14.3. The number of nitrogens with zero attached hydrogens (tertiary/aromatic N) is 1. The van der Waals surface area contributed by atoms with Crippen LogP contribution in [-0.4, -0.2) is 16.1 Å². The lowest BCUT2D eigenvalue weighted by molar-refractivity contribution is 0.0692. The Morgan fingerprint density at radius 2 is 2.14 bits per heavy atom. The largest absolute Gasteiger partial charge is 0.478 e. The van der Waals surface area contributed by atoms with Gasteiger partial charge in [0.1, 0.15) is 5.82 Å². The third-order valence-electron chi connectivity index (χ3n) is 3.63. The maximum Gasteiger partial charge on any atom is 0.338 e. The molecule has 0 radical (unpaired) electrons. The van der Waals surface area contributed by atoms with Gasteiger partial charge in [-0.3, -0.25) is 4.98 Å². The van der Waals surface area contributed by atoms with Crippen LogP contribution in [0.15, 0.2) is 42.6 Å². The second kappa shape index (κ2) is 6.98. The van der Waals surface area contributed by atoms with Crippen molar-refractivity contribution in [3.8, 4) is 0 Å². The average Bonchev–Trinajstić information content (AvgIpc) is 2.51. The third kappa shape index (κ3) is 3.39. The number of aromatic nitrogens is 1. The smallest absolute Gasteiger partial charge is 0.338 e. The van der Waals surface area contributed by atoms with Gasteiger partial charge >= 0.3 is 5.97 Å². The Morgan fingerprint density at radius 3 is 2.73 bits per heavy atom. The summed E-state index contributed by atoms with van der Waals surface area (Å²) in [6.45, 7) is 3.79. The Labute approximate surface area is 129 Å². The van der Waals surface area contributed by atoms with Crippen molar-refractivity contribution < 1.29 is 14.3 Å². The molecule has 1 heterocycles. The molecule has 3 nitrogen and oxygen atoms in total. The number of aryl methyl sites for hydroxylation is 1. The van der Waals surface area contributed by atoms with Crippen LogP contribution in [0.4, 0.5) is 4.39 Å². The summed E-state index contributed by atoms with van der Waals surface area (Å²) in [4.78, 5) is 15.3. The van der Waals surface area contributed by atoms with Crippen LogP contribution in [0.2, 0.25) is 0 Å². The highest BCUT2D eigenvalue weighted by Gasteiger charge is 2.15. The van der Waals surface area contributed by atoms with Crippen LogP contribution in [0.25, 0.3) is 6.08 Å². The summed E-state index contributed by atoms with van der Waals surface area (Å²) in [5.41, 5.74) is 1.62. The molecule has 4 heteroatoms. The number of halogens is 1. The number of carboxylic acids is 1. The van der Waals surface area contributed by atoms with E-state index in [0.29, 0.717) is 11.1 Å². The van der Waals surface area contributed by atoms with Gasteiger partial charge in [0.2, 0.25) is 0 Å². The van der Waals surface area contributed by atoms with E-state index in [-0.39, 0.29) is 11.5 Å². The number of carbonyl (C=O) groups is 1. The van der Waals surface area contributed by atoms with Crippen molar-refractivity contribution in [3.05, 3.63) is 70.8 Å². The lowest BCUT2D eigenvalue weighted by Crippen LogP contribution is -2.03. The van der Waals surface area contributed by atoms with E-state index in [9.17, 15) is 9.18 Å². The van der Waals surface area contributed by atoms with Crippen molar-refractivity contribution in [2.45, 2.75) is 26.2 Å². The van der Waals surface area contributed by atoms with E-state index < -0.39 is 11.8 Å². The van der Waals surface area contributed by atoms with Gasteiger partial charge in [-0.1, -0.05) is 31.2 Å². The monoisotopic (exact) mass is 299 g/mol. The number of aromatic carboxylic acids is 1. The number of rotatable bonds is 5. The molecule has 2 rings (SSSR count). The molecular weight excluding hydrogens is 281 g/mol. The second-order valence-corrected chi connectivity index (χ2v) is 5.09.